The molecule has 4 heteroatoms. The number of carbonyl (C=O) groups excluding carboxylic acids is 1. The lowest BCUT2D eigenvalue weighted by atomic mass is 10.1. The minimum Gasteiger partial charge on any atom is -0.481 e. The minimum atomic E-state index is -0.711. The zero-order valence-corrected chi connectivity index (χ0v) is 6.82. The van der Waals surface area contributed by atoms with E-state index in [-0.39, 0.29) is 12.5 Å². The average Bonchev–Trinajstić information content (AvgIpc) is 2.05. The lowest BCUT2D eigenvalue weighted by Crippen LogP contribution is -2.33. The number of aliphatic hydroxyl groups is 2. The number of hydrogen-bond donors (Lipinski definition) is 2. The summed E-state index contributed by atoms with van der Waals surface area (Å²) < 4.78 is 0. The molecule has 0 aliphatic carbocycles. The van der Waals surface area contributed by atoms with Crippen molar-refractivity contribution >= 4 is 5.91 Å². The van der Waals surface area contributed by atoms with Crippen molar-refractivity contribution in [3.63, 3.8) is 0 Å². The molecule has 0 saturated heterocycles. The lowest BCUT2D eigenvalue weighted by Gasteiger charge is -2.22. The number of likely N-dealkylation sites (N-methyl/N-ethyl adjacent to an activating group) is 1. The SMILES string of the molecule is CCN1CC(=C(O)O)C=CC1=O. The largest absolute Gasteiger partial charge is 0.481 e. The van der Waals surface area contributed by atoms with E-state index < -0.39 is 5.95 Å². The number of hydrogen-bond acceptors (Lipinski definition) is 3. The van der Waals surface area contributed by atoms with E-state index in [0.717, 1.165) is 0 Å². The van der Waals surface area contributed by atoms with Gasteiger partial charge in [0.2, 0.25) is 5.91 Å². The van der Waals surface area contributed by atoms with Gasteiger partial charge in [0, 0.05) is 12.6 Å². The molecule has 0 bridgehead atoms. The standard InChI is InChI=1S/C8H11NO3/c1-2-9-5-6(8(11)12)3-4-7(9)10/h3-4,11-12H,2,5H2,1H3. The molecule has 2 N–H and O–H groups in total. The summed E-state index contributed by atoms with van der Waals surface area (Å²) in [4.78, 5) is 12.6. The van der Waals surface area contributed by atoms with E-state index in [1.807, 2.05) is 6.92 Å². The Hall–Kier alpha value is -1.45. The van der Waals surface area contributed by atoms with Crippen molar-refractivity contribution in [2.24, 2.45) is 0 Å². The third kappa shape index (κ3) is 1.58. The molecule has 1 amide bonds. The van der Waals surface area contributed by atoms with Crippen LogP contribution in [-0.2, 0) is 4.79 Å². The molecular weight excluding hydrogens is 158 g/mol. The molecule has 0 radical (unpaired) electrons. The number of rotatable bonds is 1. The Bertz CT molecular complexity index is 251. The summed E-state index contributed by atoms with van der Waals surface area (Å²) in [6, 6.07) is 0. The first-order valence-corrected chi connectivity index (χ1v) is 3.73. The van der Waals surface area contributed by atoms with Crippen LogP contribution in [0.3, 0.4) is 0 Å². The number of amides is 1. The predicted molar refractivity (Wildman–Crippen MR) is 43.7 cm³/mol. The predicted octanol–water partition coefficient (Wildman–Crippen LogP) is 0.732. The van der Waals surface area contributed by atoms with Crippen molar-refractivity contribution in [2.75, 3.05) is 13.1 Å². The van der Waals surface area contributed by atoms with Gasteiger partial charge in [0.15, 0.2) is 0 Å². The van der Waals surface area contributed by atoms with Crippen molar-refractivity contribution in [1.29, 1.82) is 0 Å². The van der Waals surface area contributed by atoms with Crippen LogP contribution in [0.5, 0.6) is 0 Å². The Balaban J connectivity index is 2.85. The van der Waals surface area contributed by atoms with Crippen LogP contribution in [0.2, 0.25) is 0 Å². The van der Waals surface area contributed by atoms with E-state index in [1.165, 1.54) is 17.1 Å². The van der Waals surface area contributed by atoms with Gasteiger partial charge >= 0.3 is 0 Å². The molecule has 1 aliphatic heterocycles. The first-order valence-electron chi connectivity index (χ1n) is 3.73. The molecule has 12 heavy (non-hydrogen) atoms. The minimum absolute atomic E-state index is 0.0949. The fourth-order valence-electron chi connectivity index (χ4n) is 1.03. The molecule has 4 nitrogen and oxygen atoms in total. The summed E-state index contributed by atoms with van der Waals surface area (Å²) in [5.74, 6) is -0.806. The highest BCUT2D eigenvalue weighted by molar-refractivity contribution is 5.89. The van der Waals surface area contributed by atoms with Gasteiger partial charge in [-0.25, -0.2) is 0 Å². The second-order valence-electron chi connectivity index (χ2n) is 2.53. The molecular formula is C8H11NO3. The molecule has 0 saturated carbocycles. The first kappa shape index (κ1) is 8.64. The molecule has 1 aliphatic rings. The summed E-state index contributed by atoms with van der Waals surface area (Å²) in [6.07, 6.45) is 2.75. The summed E-state index contributed by atoms with van der Waals surface area (Å²) in [7, 11) is 0. The van der Waals surface area contributed by atoms with Gasteiger partial charge in [-0.05, 0) is 13.0 Å². The van der Waals surface area contributed by atoms with E-state index in [4.69, 9.17) is 10.2 Å². The van der Waals surface area contributed by atoms with Crippen LogP contribution < -0.4 is 0 Å². The van der Waals surface area contributed by atoms with Crippen LogP contribution in [0, 0.1) is 0 Å². The van der Waals surface area contributed by atoms with Crippen molar-refractivity contribution in [2.45, 2.75) is 6.92 Å². The first-order chi connectivity index (χ1) is 5.65. The molecule has 1 rings (SSSR count). The van der Waals surface area contributed by atoms with E-state index in [1.54, 1.807) is 0 Å². The van der Waals surface area contributed by atoms with E-state index in [0.29, 0.717) is 12.1 Å². The summed E-state index contributed by atoms with van der Waals surface area (Å²) in [6.45, 7) is 2.68. The molecule has 0 unspecified atom stereocenters. The van der Waals surface area contributed by atoms with Crippen LogP contribution >= 0.6 is 0 Å². The third-order valence-corrected chi connectivity index (χ3v) is 1.77. The molecule has 0 aromatic carbocycles. The van der Waals surface area contributed by atoms with Crippen LogP contribution in [0.25, 0.3) is 0 Å². The van der Waals surface area contributed by atoms with Crippen LogP contribution in [-0.4, -0.2) is 34.1 Å². The molecule has 0 aromatic heterocycles. The molecule has 0 atom stereocenters. The highest BCUT2D eigenvalue weighted by Gasteiger charge is 2.16. The normalized spacial score (nSPS) is 16.9. The number of nitrogens with zero attached hydrogens (tertiary/aromatic N) is 1. The summed E-state index contributed by atoms with van der Waals surface area (Å²) >= 11 is 0. The molecule has 0 aromatic rings. The van der Waals surface area contributed by atoms with Gasteiger partial charge in [-0.1, -0.05) is 0 Å². The van der Waals surface area contributed by atoms with Crippen LogP contribution in [0.4, 0.5) is 0 Å². The summed E-state index contributed by atoms with van der Waals surface area (Å²) in [5.41, 5.74) is 0.372. The van der Waals surface area contributed by atoms with Gasteiger partial charge in [-0.15, -0.1) is 0 Å². The second-order valence-corrected chi connectivity index (χ2v) is 2.53. The third-order valence-electron chi connectivity index (χ3n) is 1.77. The highest BCUT2D eigenvalue weighted by atomic mass is 16.5. The van der Waals surface area contributed by atoms with Crippen LogP contribution in [0.15, 0.2) is 23.7 Å². The van der Waals surface area contributed by atoms with Gasteiger partial charge in [-0.3, -0.25) is 4.79 Å². The maximum atomic E-state index is 11.0. The van der Waals surface area contributed by atoms with Crippen molar-refractivity contribution in [3.05, 3.63) is 23.7 Å². The zero-order chi connectivity index (χ0) is 9.14. The average molecular weight is 169 g/mol. The van der Waals surface area contributed by atoms with Crippen LogP contribution in [0.1, 0.15) is 6.92 Å². The Morgan fingerprint density at radius 2 is 2.25 bits per heavy atom. The highest BCUT2D eigenvalue weighted by Crippen LogP contribution is 2.10. The Morgan fingerprint density at radius 3 is 2.75 bits per heavy atom. The Kier molecular flexibility index (Phi) is 2.38. The van der Waals surface area contributed by atoms with Crippen molar-refractivity contribution in [1.82, 2.24) is 4.90 Å². The Labute approximate surface area is 70.4 Å². The maximum absolute atomic E-state index is 11.0. The van der Waals surface area contributed by atoms with E-state index >= 15 is 0 Å². The van der Waals surface area contributed by atoms with E-state index in [2.05, 4.69) is 0 Å². The zero-order valence-electron chi connectivity index (χ0n) is 6.82. The molecule has 0 spiro atoms. The quantitative estimate of drug-likeness (QED) is 0.569. The fraction of sp³-hybridized carbons (Fsp3) is 0.375. The molecule has 66 valence electrons. The second kappa shape index (κ2) is 3.30. The van der Waals surface area contributed by atoms with Gasteiger partial charge in [-0.2, -0.15) is 0 Å². The number of carbonyl (C=O) groups is 1. The Morgan fingerprint density at radius 1 is 1.58 bits per heavy atom. The lowest BCUT2D eigenvalue weighted by molar-refractivity contribution is -0.125. The van der Waals surface area contributed by atoms with Gasteiger partial charge < -0.3 is 15.1 Å². The smallest absolute Gasteiger partial charge is 0.279 e. The summed E-state index contributed by atoms with van der Waals surface area (Å²) in [5, 5.41) is 17.4. The van der Waals surface area contributed by atoms with Gasteiger partial charge in [0.25, 0.3) is 5.95 Å². The van der Waals surface area contributed by atoms with Gasteiger partial charge in [0.05, 0.1) is 12.1 Å². The van der Waals surface area contributed by atoms with E-state index in [9.17, 15) is 4.79 Å². The molecule has 0 fully saturated rings. The molecule has 1 heterocycles. The van der Waals surface area contributed by atoms with Crippen molar-refractivity contribution in [3.8, 4) is 0 Å². The topological polar surface area (TPSA) is 60.8 Å². The fourth-order valence-corrected chi connectivity index (χ4v) is 1.03. The van der Waals surface area contributed by atoms with Crippen molar-refractivity contribution < 1.29 is 15.0 Å². The van der Waals surface area contributed by atoms with Gasteiger partial charge in [0.1, 0.15) is 0 Å². The monoisotopic (exact) mass is 169 g/mol. The number of aliphatic hydroxyl groups excluding tert-OH is 1. The maximum Gasteiger partial charge on any atom is 0.279 e.